The molecule has 0 unspecified atom stereocenters. The van der Waals surface area contributed by atoms with E-state index in [0.29, 0.717) is 0 Å². The maximum Gasteiger partial charge on any atom is 0.222 e. The molecular formula is C9H13NNaO2S. The third-order valence-electron chi connectivity index (χ3n) is 1.94. The molecule has 14 heavy (non-hydrogen) atoms. The number of rotatable bonds is 3. The van der Waals surface area contributed by atoms with Crippen LogP contribution in [-0.2, 0) is 17.3 Å². The molecule has 1 aromatic rings. The van der Waals surface area contributed by atoms with Crippen LogP contribution in [0.4, 0.5) is 5.69 Å². The van der Waals surface area contributed by atoms with Crippen molar-refractivity contribution in [2.75, 3.05) is 4.72 Å². The molecule has 0 bridgehead atoms. The van der Waals surface area contributed by atoms with Crippen LogP contribution in [0.25, 0.3) is 0 Å². The Balaban J connectivity index is 0.00000169. The first-order valence-corrected chi connectivity index (χ1v) is 5.32. The summed E-state index contributed by atoms with van der Waals surface area (Å²) in [4.78, 5) is 0. The van der Waals surface area contributed by atoms with Crippen LogP contribution in [-0.4, -0.2) is 38.0 Å². The van der Waals surface area contributed by atoms with Gasteiger partial charge < -0.3 is 0 Å². The molecule has 1 aromatic carbocycles. The first kappa shape index (κ1) is 14.0. The molecule has 1 rings (SSSR count). The maximum atomic E-state index is 10.5. The molecule has 3 nitrogen and oxygen atoms in total. The van der Waals surface area contributed by atoms with Crippen molar-refractivity contribution in [3.8, 4) is 0 Å². The van der Waals surface area contributed by atoms with Gasteiger partial charge in [-0.15, -0.1) is 0 Å². The molecular weight excluding hydrogens is 209 g/mol. The Morgan fingerprint density at radius 2 is 2.00 bits per heavy atom. The predicted octanol–water partition coefficient (Wildman–Crippen LogP) is 1.11. The molecule has 0 aliphatic rings. The second-order valence-electron chi connectivity index (χ2n) is 2.83. The molecule has 5 heteroatoms. The van der Waals surface area contributed by atoms with Crippen molar-refractivity contribution in [1.29, 1.82) is 0 Å². The molecule has 0 saturated heterocycles. The van der Waals surface area contributed by atoms with Gasteiger partial charge in [-0.3, -0.25) is 4.72 Å². The largest absolute Gasteiger partial charge is 0.285 e. The van der Waals surface area contributed by atoms with Gasteiger partial charge in [0.15, 0.2) is 0 Å². The number of anilines is 1. The Bertz CT molecular complexity index is 369. The second kappa shape index (κ2) is 6.45. The number of para-hydroxylation sites is 1. The number of thiol groups is 1. The van der Waals surface area contributed by atoms with Crippen LogP contribution in [0.1, 0.15) is 18.1 Å². The van der Waals surface area contributed by atoms with E-state index in [2.05, 4.69) is 4.72 Å². The van der Waals surface area contributed by atoms with Crippen LogP contribution < -0.4 is 4.72 Å². The van der Waals surface area contributed by atoms with E-state index in [1.54, 1.807) is 0 Å². The van der Waals surface area contributed by atoms with E-state index < -0.39 is 10.9 Å². The van der Waals surface area contributed by atoms with Gasteiger partial charge in [0.1, 0.15) is 0 Å². The minimum Gasteiger partial charge on any atom is -0.285 e. The van der Waals surface area contributed by atoms with Gasteiger partial charge in [-0.25, -0.2) is 8.42 Å². The van der Waals surface area contributed by atoms with Crippen LogP contribution in [0, 0.1) is 6.92 Å². The maximum absolute atomic E-state index is 10.5. The number of nitrogens with one attached hydrogen (secondary N) is 1. The van der Waals surface area contributed by atoms with Crippen molar-refractivity contribution in [3.63, 3.8) is 0 Å². The van der Waals surface area contributed by atoms with Crippen molar-refractivity contribution >= 4 is 46.1 Å². The molecule has 73 valence electrons. The smallest absolute Gasteiger partial charge is 0.222 e. The van der Waals surface area contributed by atoms with E-state index in [1.807, 2.05) is 32.0 Å². The summed E-state index contributed by atoms with van der Waals surface area (Å²) < 4.78 is 23.5. The quantitative estimate of drug-likeness (QED) is 0.594. The van der Waals surface area contributed by atoms with Crippen LogP contribution >= 0.6 is 0 Å². The zero-order chi connectivity index (χ0) is 9.84. The average Bonchev–Trinajstić information content (AvgIpc) is 2.08. The molecule has 0 amide bonds. The van der Waals surface area contributed by atoms with E-state index in [-0.39, 0.29) is 29.6 Å². The van der Waals surface area contributed by atoms with E-state index in [1.165, 1.54) is 0 Å². The monoisotopic (exact) mass is 222 g/mol. The van der Waals surface area contributed by atoms with E-state index in [0.717, 1.165) is 23.2 Å². The minimum atomic E-state index is -2.56. The number of aryl methyl sites for hydroxylation is 2. The average molecular weight is 222 g/mol. The molecule has 0 spiro atoms. The van der Waals surface area contributed by atoms with Crippen molar-refractivity contribution in [3.05, 3.63) is 29.3 Å². The Morgan fingerprint density at radius 3 is 2.50 bits per heavy atom. The summed E-state index contributed by atoms with van der Waals surface area (Å²) in [6.45, 7) is 3.89. The van der Waals surface area contributed by atoms with Crippen molar-refractivity contribution in [2.24, 2.45) is 0 Å². The molecule has 0 saturated carbocycles. The number of hydrogen-bond donors (Lipinski definition) is 2. The van der Waals surface area contributed by atoms with E-state index in [9.17, 15) is 8.42 Å². The van der Waals surface area contributed by atoms with Gasteiger partial charge in [-0.05, 0) is 24.5 Å². The summed E-state index contributed by atoms with van der Waals surface area (Å²) in [5, 5.41) is 0. The summed E-state index contributed by atoms with van der Waals surface area (Å²) in [6.07, 6.45) is 0.827. The normalized spacial score (nSPS) is 9.64. The molecule has 0 heterocycles. The Hall–Kier alpha value is -0.0300. The summed E-state index contributed by atoms with van der Waals surface area (Å²) in [5.41, 5.74) is 2.71. The molecule has 0 atom stereocenters. The minimum absolute atomic E-state index is 0. The standard InChI is InChI=1S/C9H13NO2S.Na/c1-3-8-6-4-5-7(2)9(8)10-13(11)12;/h4-6,13H,3H2,1-2H3,(H,10,11,12);. The van der Waals surface area contributed by atoms with Gasteiger partial charge in [-0.2, -0.15) is 0 Å². The molecule has 0 aromatic heterocycles. The fourth-order valence-corrected chi connectivity index (χ4v) is 1.78. The van der Waals surface area contributed by atoms with Gasteiger partial charge in [-0.1, -0.05) is 25.1 Å². The zero-order valence-electron chi connectivity index (χ0n) is 8.70. The Kier molecular flexibility index (Phi) is 6.44. The summed E-state index contributed by atoms with van der Waals surface area (Å²) in [7, 11) is -2.56. The second-order valence-corrected chi connectivity index (χ2v) is 3.57. The summed E-state index contributed by atoms with van der Waals surface area (Å²) in [6, 6.07) is 5.74. The van der Waals surface area contributed by atoms with Gasteiger partial charge in [0.2, 0.25) is 10.9 Å². The van der Waals surface area contributed by atoms with Gasteiger partial charge in [0.05, 0.1) is 5.69 Å². The summed E-state index contributed by atoms with van der Waals surface area (Å²) in [5.74, 6) is 0. The molecule has 0 fully saturated rings. The number of benzene rings is 1. The van der Waals surface area contributed by atoms with E-state index >= 15 is 0 Å². The van der Waals surface area contributed by atoms with E-state index in [4.69, 9.17) is 0 Å². The first-order chi connectivity index (χ1) is 6.15. The first-order valence-electron chi connectivity index (χ1n) is 4.14. The van der Waals surface area contributed by atoms with Crippen LogP contribution in [0.15, 0.2) is 18.2 Å². The van der Waals surface area contributed by atoms with Crippen molar-refractivity contribution in [2.45, 2.75) is 20.3 Å². The fourth-order valence-electron chi connectivity index (χ4n) is 1.27. The van der Waals surface area contributed by atoms with Gasteiger partial charge >= 0.3 is 0 Å². The molecule has 1 radical (unpaired) electrons. The van der Waals surface area contributed by atoms with Crippen molar-refractivity contribution < 1.29 is 8.42 Å². The SMILES string of the molecule is CCc1cccc(C)c1N[SH](=O)=O.[Na]. The molecule has 1 N–H and O–H groups in total. The molecule has 0 aliphatic heterocycles. The topological polar surface area (TPSA) is 46.2 Å². The van der Waals surface area contributed by atoms with Gasteiger partial charge in [0, 0.05) is 29.6 Å². The number of hydrogen-bond acceptors (Lipinski definition) is 2. The predicted molar refractivity (Wildman–Crippen MR) is 60.2 cm³/mol. The van der Waals surface area contributed by atoms with Gasteiger partial charge in [0.25, 0.3) is 0 Å². The molecule has 0 aliphatic carbocycles. The third-order valence-corrected chi connectivity index (χ3v) is 2.35. The van der Waals surface area contributed by atoms with Crippen LogP contribution in [0.3, 0.4) is 0 Å². The Morgan fingerprint density at radius 1 is 1.36 bits per heavy atom. The third kappa shape index (κ3) is 3.61. The van der Waals surface area contributed by atoms with Crippen molar-refractivity contribution in [1.82, 2.24) is 0 Å². The fraction of sp³-hybridized carbons (Fsp3) is 0.333. The Labute approximate surface area is 108 Å². The van der Waals surface area contributed by atoms with Crippen LogP contribution in [0.5, 0.6) is 0 Å². The zero-order valence-corrected chi connectivity index (χ0v) is 11.6. The summed E-state index contributed by atoms with van der Waals surface area (Å²) >= 11 is 0. The van der Waals surface area contributed by atoms with Crippen LogP contribution in [0.2, 0.25) is 0 Å².